The van der Waals surface area contributed by atoms with E-state index in [4.69, 9.17) is 9.84 Å². The standard InChI is InChI=1S/C14H20N2O4/c1-2-20-14(19)12-8-6-7-11(16-12)13(18)15-9-4-3-5-10-17/h6-8,17H,2-5,9-10H2,1H3,(H,15,18). The van der Waals surface area contributed by atoms with E-state index >= 15 is 0 Å². The highest BCUT2D eigenvalue weighted by molar-refractivity contribution is 5.94. The predicted octanol–water partition coefficient (Wildman–Crippen LogP) is 1.15. The van der Waals surface area contributed by atoms with Crippen LogP contribution in [0, 0.1) is 0 Å². The van der Waals surface area contributed by atoms with Crippen LogP contribution in [0.5, 0.6) is 0 Å². The Labute approximate surface area is 118 Å². The molecule has 0 saturated heterocycles. The van der Waals surface area contributed by atoms with Gasteiger partial charge in [0.2, 0.25) is 0 Å². The molecule has 0 fully saturated rings. The van der Waals surface area contributed by atoms with Crippen molar-refractivity contribution in [3.63, 3.8) is 0 Å². The molecule has 6 heteroatoms. The zero-order chi connectivity index (χ0) is 14.8. The minimum Gasteiger partial charge on any atom is -0.461 e. The summed E-state index contributed by atoms with van der Waals surface area (Å²) in [5, 5.41) is 11.4. The number of rotatable bonds is 8. The summed E-state index contributed by atoms with van der Waals surface area (Å²) < 4.78 is 4.83. The van der Waals surface area contributed by atoms with Gasteiger partial charge < -0.3 is 15.2 Å². The summed E-state index contributed by atoms with van der Waals surface area (Å²) in [6, 6.07) is 4.65. The molecule has 1 rings (SSSR count). The number of aliphatic hydroxyl groups is 1. The van der Waals surface area contributed by atoms with Crippen molar-refractivity contribution in [2.45, 2.75) is 26.2 Å². The minimum atomic E-state index is -0.537. The van der Waals surface area contributed by atoms with Crippen molar-refractivity contribution in [1.29, 1.82) is 0 Å². The summed E-state index contributed by atoms with van der Waals surface area (Å²) in [5.74, 6) is -0.856. The molecule has 20 heavy (non-hydrogen) atoms. The van der Waals surface area contributed by atoms with Crippen LogP contribution in [0.25, 0.3) is 0 Å². The molecular formula is C14H20N2O4. The van der Waals surface area contributed by atoms with Crippen molar-refractivity contribution in [2.75, 3.05) is 19.8 Å². The summed E-state index contributed by atoms with van der Waals surface area (Å²) in [6.07, 6.45) is 2.38. The molecule has 0 aliphatic heterocycles. The number of nitrogens with zero attached hydrogens (tertiary/aromatic N) is 1. The van der Waals surface area contributed by atoms with Crippen LogP contribution in [0.4, 0.5) is 0 Å². The van der Waals surface area contributed by atoms with Crippen LogP contribution in [0.15, 0.2) is 18.2 Å². The second-order valence-corrected chi connectivity index (χ2v) is 4.17. The Morgan fingerprint density at radius 2 is 2.00 bits per heavy atom. The number of aliphatic hydroxyl groups excluding tert-OH is 1. The topological polar surface area (TPSA) is 88.5 Å². The molecule has 0 aromatic carbocycles. The zero-order valence-electron chi connectivity index (χ0n) is 11.6. The average molecular weight is 280 g/mol. The first-order valence-electron chi connectivity index (χ1n) is 6.72. The summed E-state index contributed by atoms with van der Waals surface area (Å²) in [7, 11) is 0. The van der Waals surface area contributed by atoms with Crippen LogP contribution in [-0.4, -0.2) is 41.7 Å². The number of amides is 1. The van der Waals surface area contributed by atoms with E-state index in [2.05, 4.69) is 10.3 Å². The first-order chi connectivity index (χ1) is 9.69. The summed E-state index contributed by atoms with van der Waals surface area (Å²) in [5.41, 5.74) is 0.317. The molecule has 0 atom stereocenters. The van der Waals surface area contributed by atoms with Crippen LogP contribution < -0.4 is 5.32 Å². The van der Waals surface area contributed by atoms with Crippen molar-refractivity contribution in [2.24, 2.45) is 0 Å². The van der Waals surface area contributed by atoms with E-state index < -0.39 is 5.97 Å². The fourth-order valence-corrected chi connectivity index (χ4v) is 1.59. The maximum Gasteiger partial charge on any atom is 0.356 e. The monoisotopic (exact) mass is 280 g/mol. The van der Waals surface area contributed by atoms with Gasteiger partial charge in [-0.2, -0.15) is 0 Å². The third kappa shape index (κ3) is 5.36. The molecule has 0 unspecified atom stereocenters. The van der Waals surface area contributed by atoms with Crippen LogP contribution >= 0.6 is 0 Å². The van der Waals surface area contributed by atoms with Gasteiger partial charge in [0.25, 0.3) is 5.91 Å². The average Bonchev–Trinajstić information content (AvgIpc) is 2.47. The lowest BCUT2D eigenvalue weighted by Crippen LogP contribution is -2.26. The first kappa shape index (κ1) is 16.1. The summed E-state index contributed by atoms with van der Waals surface area (Å²) in [6.45, 7) is 2.66. The second-order valence-electron chi connectivity index (χ2n) is 4.17. The van der Waals surface area contributed by atoms with Crippen molar-refractivity contribution in [1.82, 2.24) is 10.3 Å². The number of hydrogen-bond donors (Lipinski definition) is 2. The lowest BCUT2D eigenvalue weighted by molar-refractivity contribution is 0.0519. The number of esters is 1. The van der Waals surface area contributed by atoms with E-state index in [9.17, 15) is 9.59 Å². The number of unbranched alkanes of at least 4 members (excludes halogenated alkanes) is 2. The molecule has 0 saturated carbocycles. The Morgan fingerprint density at radius 1 is 1.25 bits per heavy atom. The maximum atomic E-state index is 11.8. The molecule has 1 aromatic rings. The molecule has 0 aliphatic rings. The van der Waals surface area contributed by atoms with E-state index in [0.29, 0.717) is 6.54 Å². The molecule has 6 nitrogen and oxygen atoms in total. The van der Waals surface area contributed by atoms with Crippen LogP contribution in [-0.2, 0) is 4.74 Å². The van der Waals surface area contributed by atoms with Gasteiger partial charge in [-0.1, -0.05) is 6.07 Å². The van der Waals surface area contributed by atoms with Crippen LogP contribution in [0.1, 0.15) is 47.2 Å². The van der Waals surface area contributed by atoms with E-state index in [-0.39, 0.29) is 30.5 Å². The Morgan fingerprint density at radius 3 is 2.70 bits per heavy atom. The van der Waals surface area contributed by atoms with Gasteiger partial charge in [0.15, 0.2) is 0 Å². The first-order valence-corrected chi connectivity index (χ1v) is 6.72. The van der Waals surface area contributed by atoms with Gasteiger partial charge >= 0.3 is 5.97 Å². The Bertz CT molecular complexity index is 449. The lowest BCUT2D eigenvalue weighted by atomic mass is 10.2. The molecular weight excluding hydrogens is 260 g/mol. The molecule has 110 valence electrons. The predicted molar refractivity (Wildman–Crippen MR) is 73.5 cm³/mol. The van der Waals surface area contributed by atoms with Gasteiger partial charge in [-0.25, -0.2) is 9.78 Å². The maximum absolute atomic E-state index is 11.8. The number of carbonyl (C=O) groups excluding carboxylic acids is 2. The Balaban J connectivity index is 2.51. The fourth-order valence-electron chi connectivity index (χ4n) is 1.59. The van der Waals surface area contributed by atoms with Crippen LogP contribution in [0.2, 0.25) is 0 Å². The summed E-state index contributed by atoms with van der Waals surface area (Å²) in [4.78, 5) is 27.3. The van der Waals surface area contributed by atoms with E-state index in [1.54, 1.807) is 19.1 Å². The smallest absolute Gasteiger partial charge is 0.356 e. The van der Waals surface area contributed by atoms with E-state index in [0.717, 1.165) is 19.3 Å². The van der Waals surface area contributed by atoms with Gasteiger partial charge in [-0.15, -0.1) is 0 Å². The van der Waals surface area contributed by atoms with E-state index in [1.165, 1.54) is 6.07 Å². The molecule has 1 amide bonds. The quantitative estimate of drug-likeness (QED) is 0.551. The van der Waals surface area contributed by atoms with Gasteiger partial charge in [0.05, 0.1) is 6.61 Å². The van der Waals surface area contributed by atoms with Gasteiger partial charge in [-0.05, 0) is 38.3 Å². The largest absolute Gasteiger partial charge is 0.461 e. The SMILES string of the molecule is CCOC(=O)c1cccc(C(=O)NCCCCCO)n1. The van der Waals surface area contributed by atoms with E-state index in [1.807, 2.05) is 0 Å². The highest BCUT2D eigenvalue weighted by atomic mass is 16.5. The van der Waals surface area contributed by atoms with Crippen molar-refractivity contribution < 1.29 is 19.4 Å². The molecule has 0 spiro atoms. The molecule has 1 heterocycles. The normalized spacial score (nSPS) is 10.1. The summed E-state index contributed by atoms with van der Waals surface area (Å²) >= 11 is 0. The second kappa shape index (κ2) is 9.03. The molecule has 1 aromatic heterocycles. The third-order valence-corrected chi connectivity index (χ3v) is 2.59. The highest BCUT2D eigenvalue weighted by Gasteiger charge is 2.12. The number of ether oxygens (including phenoxy) is 1. The Kier molecular flexibility index (Phi) is 7.27. The van der Waals surface area contributed by atoms with Gasteiger partial charge in [0, 0.05) is 13.2 Å². The molecule has 2 N–H and O–H groups in total. The number of hydrogen-bond acceptors (Lipinski definition) is 5. The van der Waals surface area contributed by atoms with Gasteiger partial charge in [0.1, 0.15) is 11.4 Å². The molecule has 0 aliphatic carbocycles. The zero-order valence-corrected chi connectivity index (χ0v) is 11.6. The molecule has 0 radical (unpaired) electrons. The molecule has 0 bridgehead atoms. The number of aromatic nitrogens is 1. The van der Waals surface area contributed by atoms with Crippen molar-refractivity contribution >= 4 is 11.9 Å². The number of pyridine rings is 1. The van der Waals surface area contributed by atoms with Crippen molar-refractivity contribution in [3.05, 3.63) is 29.6 Å². The van der Waals surface area contributed by atoms with Crippen molar-refractivity contribution in [3.8, 4) is 0 Å². The van der Waals surface area contributed by atoms with Crippen LogP contribution in [0.3, 0.4) is 0 Å². The lowest BCUT2D eigenvalue weighted by Gasteiger charge is -2.06. The highest BCUT2D eigenvalue weighted by Crippen LogP contribution is 2.02. The number of carbonyl (C=O) groups is 2. The Hall–Kier alpha value is -1.95. The third-order valence-electron chi connectivity index (χ3n) is 2.59. The number of nitrogens with one attached hydrogen (secondary N) is 1. The fraction of sp³-hybridized carbons (Fsp3) is 0.500. The minimum absolute atomic E-state index is 0.125. The van der Waals surface area contributed by atoms with Gasteiger partial charge in [-0.3, -0.25) is 4.79 Å².